The van der Waals surface area contributed by atoms with Crippen LogP contribution in [0.5, 0.6) is 0 Å². The molecule has 0 amide bonds. The van der Waals surface area contributed by atoms with Gasteiger partial charge in [-0.05, 0) is 37.3 Å². The molecule has 0 aromatic carbocycles. The van der Waals surface area contributed by atoms with E-state index in [0.717, 1.165) is 18.8 Å². The monoisotopic (exact) mass is 278 g/mol. The minimum Gasteiger partial charge on any atom is -0.468 e. The maximum absolute atomic E-state index is 5.71. The summed E-state index contributed by atoms with van der Waals surface area (Å²) in [6, 6.07) is 2.72. The molecule has 0 unspecified atom stereocenters. The summed E-state index contributed by atoms with van der Waals surface area (Å²) in [6.07, 6.45) is 5.82. The Morgan fingerprint density at radius 2 is 2.10 bits per heavy atom. The minimum atomic E-state index is 0.515. The molecule has 1 N–H and O–H groups in total. The van der Waals surface area contributed by atoms with Crippen LogP contribution >= 0.6 is 0 Å². The number of hydrogen-bond donors (Lipinski definition) is 1. The Morgan fingerprint density at radius 1 is 1.35 bits per heavy atom. The van der Waals surface area contributed by atoms with E-state index in [1.54, 1.807) is 0 Å². The van der Waals surface area contributed by atoms with Gasteiger partial charge in [-0.1, -0.05) is 27.7 Å². The van der Waals surface area contributed by atoms with E-state index >= 15 is 0 Å². The molecule has 1 aliphatic heterocycles. The second-order valence-electron chi connectivity index (χ2n) is 6.62. The van der Waals surface area contributed by atoms with Gasteiger partial charge in [0.15, 0.2) is 0 Å². The van der Waals surface area contributed by atoms with Crippen LogP contribution in [0.2, 0.25) is 0 Å². The number of nitrogens with one attached hydrogen (secondary N) is 1. The average molecular weight is 278 g/mol. The fourth-order valence-corrected chi connectivity index (χ4v) is 3.13. The zero-order chi connectivity index (χ0) is 14.6. The predicted octanol–water partition coefficient (Wildman–Crippen LogP) is 3.79. The van der Waals surface area contributed by atoms with E-state index in [4.69, 9.17) is 4.42 Å². The first kappa shape index (κ1) is 15.6. The molecule has 0 bridgehead atoms. The molecular formula is C17H30N2O. The van der Waals surface area contributed by atoms with Crippen molar-refractivity contribution in [3.63, 3.8) is 0 Å². The van der Waals surface area contributed by atoms with Gasteiger partial charge in [0.1, 0.15) is 5.76 Å². The lowest BCUT2D eigenvalue weighted by Gasteiger charge is -2.26. The van der Waals surface area contributed by atoms with E-state index in [-0.39, 0.29) is 0 Å². The van der Waals surface area contributed by atoms with E-state index in [9.17, 15) is 0 Å². The van der Waals surface area contributed by atoms with Crippen molar-refractivity contribution in [2.24, 2.45) is 5.41 Å². The molecule has 1 aromatic heterocycles. The van der Waals surface area contributed by atoms with Gasteiger partial charge in [-0.25, -0.2) is 0 Å². The van der Waals surface area contributed by atoms with E-state index in [1.807, 2.05) is 6.26 Å². The molecule has 114 valence electrons. The zero-order valence-corrected chi connectivity index (χ0v) is 13.5. The SMILES string of the molecule is CCC1(CC)CCN(Cc2cc(CNC(C)C)co2)C1. The van der Waals surface area contributed by atoms with Crippen molar-refractivity contribution >= 4 is 0 Å². The third kappa shape index (κ3) is 3.86. The number of furan rings is 1. The summed E-state index contributed by atoms with van der Waals surface area (Å²) in [6.45, 7) is 13.3. The molecule has 20 heavy (non-hydrogen) atoms. The van der Waals surface area contributed by atoms with Crippen molar-refractivity contribution in [3.8, 4) is 0 Å². The topological polar surface area (TPSA) is 28.4 Å². The van der Waals surface area contributed by atoms with Gasteiger partial charge in [0.2, 0.25) is 0 Å². The normalized spacial score (nSPS) is 19.1. The highest BCUT2D eigenvalue weighted by molar-refractivity contribution is 5.13. The van der Waals surface area contributed by atoms with Crippen LogP contribution < -0.4 is 5.32 Å². The maximum atomic E-state index is 5.71. The largest absolute Gasteiger partial charge is 0.468 e. The molecule has 1 aliphatic rings. The van der Waals surface area contributed by atoms with Gasteiger partial charge in [-0.3, -0.25) is 4.90 Å². The summed E-state index contributed by atoms with van der Waals surface area (Å²) in [5.41, 5.74) is 1.80. The number of nitrogens with zero attached hydrogens (tertiary/aromatic N) is 1. The fraction of sp³-hybridized carbons (Fsp3) is 0.765. The Kier molecular flexibility index (Phi) is 5.28. The highest BCUT2D eigenvalue weighted by Crippen LogP contribution is 2.37. The van der Waals surface area contributed by atoms with E-state index in [2.05, 4.69) is 44.0 Å². The summed E-state index contributed by atoms with van der Waals surface area (Å²) >= 11 is 0. The van der Waals surface area contributed by atoms with Crippen LogP contribution in [0.25, 0.3) is 0 Å². The smallest absolute Gasteiger partial charge is 0.118 e. The molecular weight excluding hydrogens is 248 g/mol. The molecule has 3 heteroatoms. The molecule has 0 radical (unpaired) electrons. The number of rotatable bonds is 7. The summed E-state index contributed by atoms with van der Waals surface area (Å²) in [5.74, 6) is 1.11. The lowest BCUT2D eigenvalue weighted by Crippen LogP contribution is -2.25. The van der Waals surface area contributed by atoms with Gasteiger partial charge >= 0.3 is 0 Å². The van der Waals surface area contributed by atoms with Crippen LogP contribution in [0.3, 0.4) is 0 Å². The summed E-state index contributed by atoms with van der Waals surface area (Å²) < 4.78 is 5.71. The molecule has 0 saturated carbocycles. The van der Waals surface area contributed by atoms with E-state index in [1.165, 1.54) is 37.9 Å². The molecule has 0 spiro atoms. The van der Waals surface area contributed by atoms with Gasteiger partial charge in [0.25, 0.3) is 0 Å². The van der Waals surface area contributed by atoms with Crippen molar-refractivity contribution in [1.82, 2.24) is 10.2 Å². The van der Waals surface area contributed by atoms with Gasteiger partial charge in [0, 0.05) is 24.7 Å². The summed E-state index contributed by atoms with van der Waals surface area (Å²) in [5, 5.41) is 3.43. The third-order valence-electron chi connectivity index (χ3n) is 4.82. The average Bonchev–Trinajstić information content (AvgIpc) is 3.04. The van der Waals surface area contributed by atoms with Crippen LogP contribution in [0.1, 0.15) is 58.3 Å². The van der Waals surface area contributed by atoms with Crippen molar-refractivity contribution in [2.45, 2.75) is 66.1 Å². The maximum Gasteiger partial charge on any atom is 0.118 e. The molecule has 0 aliphatic carbocycles. The van der Waals surface area contributed by atoms with Crippen LogP contribution in [0, 0.1) is 5.41 Å². The lowest BCUT2D eigenvalue weighted by molar-refractivity contribution is 0.226. The molecule has 2 heterocycles. The van der Waals surface area contributed by atoms with Crippen LogP contribution in [0.15, 0.2) is 16.7 Å². The molecule has 3 nitrogen and oxygen atoms in total. The van der Waals surface area contributed by atoms with E-state index < -0.39 is 0 Å². The van der Waals surface area contributed by atoms with Crippen molar-refractivity contribution in [3.05, 3.63) is 23.7 Å². The molecule has 2 rings (SSSR count). The molecule has 0 atom stereocenters. The summed E-state index contributed by atoms with van der Waals surface area (Å²) in [7, 11) is 0. The zero-order valence-electron chi connectivity index (χ0n) is 13.5. The second-order valence-corrected chi connectivity index (χ2v) is 6.62. The van der Waals surface area contributed by atoms with Gasteiger partial charge < -0.3 is 9.73 Å². The molecule has 1 fully saturated rings. The van der Waals surface area contributed by atoms with Crippen LogP contribution in [0.4, 0.5) is 0 Å². The van der Waals surface area contributed by atoms with Gasteiger partial charge in [-0.15, -0.1) is 0 Å². The van der Waals surface area contributed by atoms with Crippen LogP contribution in [-0.4, -0.2) is 24.0 Å². The van der Waals surface area contributed by atoms with Crippen molar-refractivity contribution in [2.75, 3.05) is 13.1 Å². The highest BCUT2D eigenvalue weighted by atomic mass is 16.3. The Morgan fingerprint density at radius 3 is 2.70 bits per heavy atom. The Bertz CT molecular complexity index is 407. The fourth-order valence-electron chi connectivity index (χ4n) is 3.13. The van der Waals surface area contributed by atoms with Crippen molar-refractivity contribution in [1.29, 1.82) is 0 Å². The Labute approximate surface area is 123 Å². The highest BCUT2D eigenvalue weighted by Gasteiger charge is 2.34. The van der Waals surface area contributed by atoms with Gasteiger partial charge in [0.05, 0.1) is 12.8 Å². The Balaban J connectivity index is 1.85. The number of hydrogen-bond acceptors (Lipinski definition) is 3. The quantitative estimate of drug-likeness (QED) is 0.822. The van der Waals surface area contributed by atoms with Gasteiger partial charge in [-0.2, -0.15) is 0 Å². The summed E-state index contributed by atoms with van der Waals surface area (Å²) in [4.78, 5) is 2.55. The Hall–Kier alpha value is -0.800. The van der Waals surface area contributed by atoms with Crippen molar-refractivity contribution < 1.29 is 4.42 Å². The predicted molar refractivity (Wildman–Crippen MR) is 83.6 cm³/mol. The lowest BCUT2D eigenvalue weighted by atomic mass is 9.82. The first-order chi connectivity index (χ1) is 9.57. The van der Waals surface area contributed by atoms with Crippen LogP contribution in [-0.2, 0) is 13.1 Å². The first-order valence-electron chi connectivity index (χ1n) is 8.09. The molecule has 1 aromatic rings. The minimum absolute atomic E-state index is 0.515. The first-order valence-corrected chi connectivity index (χ1v) is 8.09. The molecule has 1 saturated heterocycles. The second kappa shape index (κ2) is 6.77. The van der Waals surface area contributed by atoms with E-state index in [0.29, 0.717) is 11.5 Å². The third-order valence-corrected chi connectivity index (χ3v) is 4.82. The standard InChI is InChI=1S/C17H30N2O/c1-5-17(6-2)7-8-19(13-17)11-16-9-15(12-20-16)10-18-14(3)4/h9,12,14,18H,5-8,10-11,13H2,1-4H3. The number of likely N-dealkylation sites (tertiary alicyclic amines) is 1.